The first-order valence-corrected chi connectivity index (χ1v) is 11.3. The first-order valence-electron chi connectivity index (χ1n) is 9.44. The third kappa shape index (κ3) is 6.99. The van der Waals surface area contributed by atoms with Crippen LogP contribution in [0.15, 0.2) is 16.6 Å². The number of aliphatic imine (C=N–C) groups is 1. The molecule has 0 aromatic rings. The fourth-order valence-electron chi connectivity index (χ4n) is 3.43. The van der Waals surface area contributed by atoms with Crippen LogP contribution in [0, 0.1) is 0 Å². The van der Waals surface area contributed by atoms with Crippen molar-refractivity contribution in [1.29, 1.82) is 0 Å². The Morgan fingerprint density at radius 2 is 2.00 bits per heavy atom. The van der Waals surface area contributed by atoms with E-state index in [4.69, 9.17) is 4.74 Å². The zero-order valence-corrected chi connectivity index (χ0v) is 19.2. The van der Waals surface area contributed by atoms with E-state index in [1.54, 1.807) is 0 Å². The molecule has 152 valence electrons. The van der Waals surface area contributed by atoms with Crippen molar-refractivity contribution >= 4 is 39.8 Å². The first kappa shape index (κ1) is 23.7. The molecule has 1 aliphatic heterocycles. The Kier molecular flexibility index (Phi) is 10.5. The van der Waals surface area contributed by atoms with Crippen LogP contribution < -0.4 is 10.6 Å². The number of hydrogen-bond donors (Lipinski definition) is 2. The van der Waals surface area contributed by atoms with Gasteiger partial charge in [0, 0.05) is 32.6 Å². The summed E-state index contributed by atoms with van der Waals surface area (Å²) >= 11 is 0. The van der Waals surface area contributed by atoms with Crippen LogP contribution >= 0.6 is 24.0 Å². The van der Waals surface area contributed by atoms with Crippen LogP contribution in [0.25, 0.3) is 0 Å². The van der Waals surface area contributed by atoms with Gasteiger partial charge in [-0.05, 0) is 51.9 Å². The molecular weight excluding hydrogens is 465 g/mol. The van der Waals surface area contributed by atoms with Gasteiger partial charge in [-0.2, -0.15) is 0 Å². The number of sulfone groups is 1. The number of hydrogen-bond acceptors (Lipinski definition) is 4. The molecule has 8 heteroatoms. The number of guanidine groups is 1. The molecule has 2 N–H and O–H groups in total. The van der Waals surface area contributed by atoms with E-state index in [0.29, 0.717) is 32.0 Å². The van der Waals surface area contributed by atoms with Crippen LogP contribution in [-0.4, -0.2) is 58.2 Å². The lowest BCUT2D eigenvalue weighted by Gasteiger charge is -2.34. The minimum absolute atomic E-state index is 0. The van der Waals surface area contributed by atoms with Crippen LogP contribution in [0.2, 0.25) is 0 Å². The first-order chi connectivity index (χ1) is 12.0. The Hall–Kier alpha value is -0.350. The second-order valence-electron chi connectivity index (χ2n) is 7.05. The van der Waals surface area contributed by atoms with E-state index in [1.165, 1.54) is 37.5 Å². The lowest BCUT2D eigenvalue weighted by atomic mass is 9.97. The number of allylic oxidation sites excluding steroid dienone is 1. The van der Waals surface area contributed by atoms with E-state index >= 15 is 0 Å². The van der Waals surface area contributed by atoms with Gasteiger partial charge in [0.15, 0.2) is 15.8 Å². The number of halogens is 1. The van der Waals surface area contributed by atoms with E-state index in [0.717, 1.165) is 19.5 Å². The van der Waals surface area contributed by atoms with E-state index in [9.17, 15) is 8.42 Å². The van der Waals surface area contributed by atoms with Crippen molar-refractivity contribution in [2.75, 3.05) is 39.1 Å². The van der Waals surface area contributed by atoms with Crippen molar-refractivity contribution in [1.82, 2.24) is 10.6 Å². The predicted octanol–water partition coefficient (Wildman–Crippen LogP) is 2.64. The highest BCUT2D eigenvalue weighted by Crippen LogP contribution is 2.29. The summed E-state index contributed by atoms with van der Waals surface area (Å²) in [6, 6.07) is 0. The van der Waals surface area contributed by atoms with Crippen molar-refractivity contribution in [3.8, 4) is 0 Å². The Labute approximate surface area is 175 Å². The van der Waals surface area contributed by atoms with Gasteiger partial charge in [0.25, 0.3) is 0 Å². The lowest BCUT2D eigenvalue weighted by Crippen LogP contribution is -2.47. The van der Waals surface area contributed by atoms with Crippen LogP contribution in [0.5, 0.6) is 0 Å². The smallest absolute Gasteiger partial charge is 0.191 e. The Balaban J connectivity index is 0.00000338. The highest BCUT2D eigenvalue weighted by Gasteiger charge is 2.42. The topological polar surface area (TPSA) is 79.8 Å². The van der Waals surface area contributed by atoms with Gasteiger partial charge >= 0.3 is 0 Å². The van der Waals surface area contributed by atoms with Gasteiger partial charge in [0.1, 0.15) is 0 Å². The highest BCUT2D eigenvalue weighted by atomic mass is 127. The maximum atomic E-state index is 12.3. The normalized spacial score (nSPS) is 20.7. The molecule has 2 rings (SSSR count). The second kappa shape index (κ2) is 11.5. The van der Waals surface area contributed by atoms with Gasteiger partial charge in [0.2, 0.25) is 0 Å². The predicted molar refractivity (Wildman–Crippen MR) is 118 cm³/mol. The van der Waals surface area contributed by atoms with E-state index in [1.807, 2.05) is 6.92 Å². The maximum absolute atomic E-state index is 12.3. The van der Waals surface area contributed by atoms with Crippen molar-refractivity contribution in [2.45, 2.75) is 56.6 Å². The molecule has 1 heterocycles. The van der Waals surface area contributed by atoms with E-state index in [2.05, 4.69) is 21.7 Å². The van der Waals surface area contributed by atoms with Crippen LogP contribution in [0.1, 0.15) is 51.9 Å². The fraction of sp³-hybridized carbons (Fsp3) is 0.833. The summed E-state index contributed by atoms with van der Waals surface area (Å²) in [6.45, 7) is 4.85. The summed E-state index contributed by atoms with van der Waals surface area (Å²) in [5, 5.41) is 6.57. The third-order valence-corrected chi connectivity index (χ3v) is 7.29. The molecule has 2 aliphatic rings. The molecule has 1 fully saturated rings. The van der Waals surface area contributed by atoms with Crippen molar-refractivity contribution in [3.05, 3.63) is 11.6 Å². The van der Waals surface area contributed by atoms with E-state index < -0.39 is 14.6 Å². The molecule has 0 atom stereocenters. The van der Waals surface area contributed by atoms with Gasteiger partial charge in [-0.3, -0.25) is 4.99 Å². The molecule has 0 aromatic heterocycles. The Bertz CT molecular complexity index is 584. The molecule has 1 aliphatic carbocycles. The van der Waals surface area contributed by atoms with E-state index in [-0.39, 0.29) is 30.5 Å². The summed E-state index contributed by atoms with van der Waals surface area (Å²) in [7, 11) is -3.19. The summed E-state index contributed by atoms with van der Waals surface area (Å²) in [6.07, 6.45) is 10.7. The molecule has 26 heavy (non-hydrogen) atoms. The van der Waals surface area contributed by atoms with Gasteiger partial charge in [-0.25, -0.2) is 8.42 Å². The summed E-state index contributed by atoms with van der Waals surface area (Å²) < 4.78 is 29.2. The molecule has 1 saturated heterocycles. The number of nitrogens with zero attached hydrogens (tertiary/aromatic N) is 1. The van der Waals surface area contributed by atoms with Gasteiger partial charge in [-0.15, -0.1) is 24.0 Å². The largest absolute Gasteiger partial charge is 0.381 e. The molecule has 0 unspecified atom stereocenters. The SMILES string of the molecule is CCNC(=NCC1(S(C)(=O)=O)CCOCC1)NCCC1=CCCCC1.I. The molecular formula is C18H34IN3O3S. The van der Waals surface area contributed by atoms with Crippen molar-refractivity contribution < 1.29 is 13.2 Å². The van der Waals surface area contributed by atoms with Gasteiger partial charge in [0.05, 0.1) is 11.3 Å². The van der Waals surface area contributed by atoms with Crippen LogP contribution in [0.3, 0.4) is 0 Å². The number of nitrogens with one attached hydrogen (secondary N) is 2. The molecule has 0 radical (unpaired) electrons. The number of rotatable bonds is 7. The minimum atomic E-state index is -3.19. The Morgan fingerprint density at radius 3 is 2.58 bits per heavy atom. The third-order valence-electron chi connectivity index (χ3n) is 5.18. The minimum Gasteiger partial charge on any atom is -0.381 e. The molecule has 6 nitrogen and oxygen atoms in total. The molecule has 0 saturated carbocycles. The van der Waals surface area contributed by atoms with Crippen molar-refractivity contribution in [2.24, 2.45) is 4.99 Å². The van der Waals surface area contributed by atoms with Gasteiger partial charge in [-0.1, -0.05) is 11.6 Å². The lowest BCUT2D eigenvalue weighted by molar-refractivity contribution is 0.0768. The summed E-state index contributed by atoms with van der Waals surface area (Å²) in [4.78, 5) is 4.60. The van der Waals surface area contributed by atoms with Crippen LogP contribution in [0.4, 0.5) is 0 Å². The zero-order chi connectivity index (χ0) is 18.2. The average molecular weight is 499 g/mol. The molecule has 0 amide bonds. The second-order valence-corrected chi connectivity index (χ2v) is 9.46. The Morgan fingerprint density at radius 1 is 1.27 bits per heavy atom. The zero-order valence-electron chi connectivity index (χ0n) is 16.1. The highest BCUT2D eigenvalue weighted by molar-refractivity contribution is 14.0. The maximum Gasteiger partial charge on any atom is 0.191 e. The number of ether oxygens (including phenoxy) is 1. The standard InChI is InChI=1S/C18H33N3O3S.HI/c1-3-19-17(20-12-9-16-7-5-4-6-8-16)21-15-18(25(2,22)23)10-13-24-14-11-18;/h7H,3-6,8-15H2,1-2H3,(H2,19,20,21);1H. The summed E-state index contributed by atoms with van der Waals surface area (Å²) in [5.74, 6) is 0.702. The van der Waals surface area contributed by atoms with Crippen molar-refractivity contribution in [3.63, 3.8) is 0 Å². The van der Waals surface area contributed by atoms with Crippen LogP contribution in [-0.2, 0) is 14.6 Å². The molecule has 0 bridgehead atoms. The quantitative estimate of drug-likeness (QED) is 0.244. The fourth-order valence-corrected chi connectivity index (χ4v) is 4.63. The summed E-state index contributed by atoms with van der Waals surface area (Å²) in [5.41, 5.74) is 1.52. The average Bonchev–Trinajstić information content (AvgIpc) is 2.60. The van der Waals surface area contributed by atoms with Gasteiger partial charge < -0.3 is 15.4 Å². The molecule has 0 spiro atoms. The monoisotopic (exact) mass is 499 g/mol. The molecule has 0 aromatic carbocycles.